The van der Waals surface area contributed by atoms with Crippen molar-refractivity contribution >= 4 is 16.9 Å². The summed E-state index contributed by atoms with van der Waals surface area (Å²) in [6, 6.07) is 8.46. The predicted molar refractivity (Wildman–Crippen MR) is 97.5 cm³/mol. The number of hydrogen-bond acceptors (Lipinski definition) is 4. The molecule has 136 valence electrons. The van der Waals surface area contributed by atoms with Crippen molar-refractivity contribution in [3.05, 3.63) is 108 Å². The molecular weight excluding hydrogens is 386 g/mol. The predicted octanol–water partition coefficient (Wildman–Crippen LogP) is 2.34. The van der Waals surface area contributed by atoms with Gasteiger partial charge < -0.3 is 14.8 Å². The van der Waals surface area contributed by atoms with E-state index in [0.717, 1.165) is 11.8 Å². The van der Waals surface area contributed by atoms with Crippen LogP contribution < -0.4 is 15.4 Å². The monoisotopic (exact) mass is 401 g/mol. The molecule has 2 radical (unpaired) electrons. The van der Waals surface area contributed by atoms with Crippen LogP contribution in [0.4, 0.5) is 0 Å². The number of carbonyl (C=O) groups is 1. The number of benzene rings is 1. The van der Waals surface area contributed by atoms with Crippen LogP contribution in [0.15, 0.2) is 83.4 Å². The van der Waals surface area contributed by atoms with Crippen molar-refractivity contribution in [3.63, 3.8) is 0 Å². The molecule has 1 N–H and O–H groups in total. The average molecular weight is 401 g/mol. The molecular formula is C21H15FeNO4. The standard InChI is InChI=1S/C15H10NO3.C6H6O.Fe/c17-14-9-13(11-7-3-4-8-12(11)16-14)19-15(18)10-5-1-2-6-10;7-5-6-3-1-2-4-6;/h1-9H,(H,16,17);1-5,7H;/q-1;;+2/p-1. The Kier molecular flexibility index (Phi) is 7.29. The molecule has 1 heterocycles. The minimum Gasteiger partial charge on any atom is -0.877 e. The van der Waals surface area contributed by atoms with Crippen LogP contribution in [0.25, 0.3) is 10.9 Å². The Hall–Kier alpha value is -2.95. The largest absolute Gasteiger partial charge is 2.00 e. The summed E-state index contributed by atoms with van der Waals surface area (Å²) in [4.78, 5) is 26.1. The van der Waals surface area contributed by atoms with E-state index in [4.69, 9.17) is 4.74 Å². The maximum Gasteiger partial charge on any atom is 2.00 e. The van der Waals surface area contributed by atoms with E-state index < -0.39 is 5.97 Å². The quantitative estimate of drug-likeness (QED) is 0.363. The molecule has 1 aromatic heterocycles. The van der Waals surface area contributed by atoms with Gasteiger partial charge in [-0.15, -0.1) is 6.26 Å². The molecule has 4 rings (SSSR count). The molecule has 2 aliphatic rings. The molecule has 0 spiro atoms. The van der Waals surface area contributed by atoms with Gasteiger partial charge in [0.1, 0.15) is 5.75 Å². The minimum absolute atomic E-state index is 0. The first-order valence-electron chi connectivity index (χ1n) is 7.90. The number of aromatic amines is 1. The second-order valence-electron chi connectivity index (χ2n) is 5.44. The molecule has 2 aromatic rings. The van der Waals surface area contributed by atoms with E-state index in [0.29, 0.717) is 16.8 Å². The van der Waals surface area contributed by atoms with E-state index in [-0.39, 0.29) is 28.4 Å². The van der Waals surface area contributed by atoms with Gasteiger partial charge in [0.25, 0.3) is 5.56 Å². The summed E-state index contributed by atoms with van der Waals surface area (Å²) >= 11 is 0. The zero-order valence-corrected chi connectivity index (χ0v) is 15.2. The topological polar surface area (TPSA) is 82.2 Å². The summed E-state index contributed by atoms with van der Waals surface area (Å²) in [6.45, 7) is 0. The Balaban J connectivity index is 0.000000278. The van der Waals surface area contributed by atoms with Crippen LogP contribution in [0.3, 0.4) is 0 Å². The van der Waals surface area contributed by atoms with Gasteiger partial charge in [-0.1, -0.05) is 42.9 Å². The summed E-state index contributed by atoms with van der Waals surface area (Å²) in [7, 11) is 0. The molecule has 2 aliphatic carbocycles. The van der Waals surface area contributed by atoms with E-state index in [1.807, 2.05) is 18.2 Å². The van der Waals surface area contributed by atoms with Gasteiger partial charge in [0.05, 0.1) is 5.52 Å². The zero-order valence-electron chi connectivity index (χ0n) is 14.1. The third kappa shape index (κ3) is 5.26. The molecule has 0 saturated carbocycles. The summed E-state index contributed by atoms with van der Waals surface area (Å²) < 4.78 is 5.29. The van der Waals surface area contributed by atoms with E-state index in [1.165, 1.54) is 6.07 Å². The van der Waals surface area contributed by atoms with Gasteiger partial charge in [0.15, 0.2) is 0 Å². The number of carbonyl (C=O) groups excluding carboxylic acids is 1. The first kappa shape index (κ1) is 20.4. The number of ether oxygens (including phenoxy) is 1. The van der Waals surface area contributed by atoms with Gasteiger partial charge in [0.2, 0.25) is 0 Å². The van der Waals surface area contributed by atoms with Crippen LogP contribution >= 0.6 is 0 Å². The molecule has 5 nitrogen and oxygen atoms in total. The zero-order chi connectivity index (χ0) is 18.4. The number of allylic oxidation sites excluding steroid dienone is 7. The Morgan fingerprint density at radius 2 is 1.89 bits per heavy atom. The number of hydrogen-bond donors (Lipinski definition) is 1. The molecule has 27 heavy (non-hydrogen) atoms. The van der Waals surface area contributed by atoms with Crippen LogP contribution in [0.1, 0.15) is 0 Å². The second-order valence-corrected chi connectivity index (χ2v) is 5.44. The summed E-state index contributed by atoms with van der Waals surface area (Å²) in [5.74, 6) is 0.260. The first-order chi connectivity index (χ1) is 12.7. The fourth-order valence-corrected chi connectivity index (χ4v) is 2.39. The molecule has 0 saturated heterocycles. The van der Waals surface area contributed by atoms with Crippen LogP contribution in [0.5, 0.6) is 5.75 Å². The Labute approximate surface area is 167 Å². The SMILES string of the molecule is O=C(Oc1cc(=O)[nH]c2ccccc12)[C]1[CH]C=C[CH-]1.[Fe+2].[O-]C=C1C=CC=C1. The van der Waals surface area contributed by atoms with Gasteiger partial charge in [0, 0.05) is 17.4 Å². The van der Waals surface area contributed by atoms with Gasteiger partial charge >= 0.3 is 23.0 Å². The number of pyridine rings is 1. The maximum atomic E-state index is 11.9. The summed E-state index contributed by atoms with van der Waals surface area (Å²) in [6.07, 6.45) is 14.9. The van der Waals surface area contributed by atoms with Crippen molar-refractivity contribution in [1.82, 2.24) is 4.98 Å². The van der Waals surface area contributed by atoms with Crippen LogP contribution in [0.2, 0.25) is 0 Å². The number of rotatable bonds is 2. The van der Waals surface area contributed by atoms with Crippen molar-refractivity contribution in [2.45, 2.75) is 0 Å². The number of esters is 1. The number of fused-ring (bicyclic) bond motifs is 1. The van der Waals surface area contributed by atoms with E-state index >= 15 is 0 Å². The Morgan fingerprint density at radius 3 is 2.52 bits per heavy atom. The molecule has 0 atom stereocenters. The number of aromatic nitrogens is 1. The minimum atomic E-state index is -0.472. The fourth-order valence-electron chi connectivity index (χ4n) is 2.39. The summed E-state index contributed by atoms with van der Waals surface area (Å²) in [5.41, 5.74) is 1.09. The second kappa shape index (κ2) is 9.67. The van der Waals surface area contributed by atoms with Gasteiger partial charge in [-0.3, -0.25) is 9.59 Å². The number of nitrogens with one attached hydrogen (secondary N) is 1. The number of H-pyrrole nitrogens is 1. The van der Waals surface area contributed by atoms with Gasteiger partial charge in [-0.05, 0) is 17.7 Å². The molecule has 0 amide bonds. The smallest absolute Gasteiger partial charge is 0.877 e. The van der Waals surface area contributed by atoms with Crippen LogP contribution in [-0.2, 0) is 21.9 Å². The molecule has 0 unspecified atom stereocenters. The van der Waals surface area contributed by atoms with Crippen LogP contribution in [0, 0.1) is 18.8 Å². The van der Waals surface area contributed by atoms with Crippen molar-refractivity contribution in [2.75, 3.05) is 0 Å². The molecule has 0 fully saturated rings. The summed E-state index contributed by atoms with van der Waals surface area (Å²) in [5, 5.41) is 10.6. The van der Waals surface area contributed by atoms with Crippen molar-refractivity contribution in [2.24, 2.45) is 0 Å². The fraction of sp³-hybridized carbons (Fsp3) is 0. The Morgan fingerprint density at radius 1 is 1.15 bits per heavy atom. The van der Waals surface area contributed by atoms with Crippen molar-refractivity contribution in [3.8, 4) is 5.75 Å². The third-order valence-corrected chi connectivity index (χ3v) is 3.64. The van der Waals surface area contributed by atoms with Crippen molar-refractivity contribution < 1.29 is 31.7 Å². The van der Waals surface area contributed by atoms with E-state index in [2.05, 4.69) is 4.98 Å². The Bertz CT molecular complexity index is 963. The molecule has 6 heteroatoms. The van der Waals surface area contributed by atoms with Crippen molar-refractivity contribution in [1.29, 1.82) is 0 Å². The van der Waals surface area contributed by atoms with E-state index in [1.54, 1.807) is 55.3 Å². The van der Waals surface area contributed by atoms with Crippen LogP contribution in [-0.4, -0.2) is 11.0 Å². The normalized spacial score (nSPS) is 14.3. The van der Waals surface area contributed by atoms with Gasteiger partial charge in [-0.25, -0.2) is 18.6 Å². The number of para-hydroxylation sites is 1. The first-order valence-corrected chi connectivity index (χ1v) is 7.90. The van der Waals surface area contributed by atoms with E-state index in [9.17, 15) is 14.7 Å². The molecule has 0 bridgehead atoms. The third-order valence-electron chi connectivity index (χ3n) is 3.64. The average Bonchev–Trinajstić information content (AvgIpc) is 3.36. The van der Waals surface area contributed by atoms with Gasteiger partial charge in [-0.2, -0.15) is 0 Å². The molecule has 1 aromatic carbocycles. The molecule has 0 aliphatic heterocycles. The maximum absolute atomic E-state index is 11.9.